The van der Waals surface area contributed by atoms with E-state index >= 15 is 0 Å². The second kappa shape index (κ2) is 15.4. The molecule has 0 amide bonds. The zero-order valence-electron chi connectivity index (χ0n) is 25.5. The third kappa shape index (κ3) is 10.6. The average Bonchev–Trinajstić information content (AvgIpc) is 3.03. The molecule has 6 N–H and O–H groups in total. The van der Waals surface area contributed by atoms with Crippen LogP contribution in [0, 0.1) is 6.08 Å². The van der Waals surface area contributed by atoms with Crippen molar-refractivity contribution in [2.75, 3.05) is 22.9 Å². The summed E-state index contributed by atoms with van der Waals surface area (Å²) < 4.78 is 104. The molecule has 0 saturated carbocycles. The standard InChI is InChI=1S/C27H24FN9O11S3/c1-2-49(41,42)9-8-29-26-32-25(28)33-27(34-26)31-21-12-22(38)20(13-23(21)51(46,47)48)37-35-16-5-3-4-15(10-16)14-30-36-19-11-17(50(43,44)45)6-7-18(19)24(39)40/h2-7,10-13,38H,1,8-9,14H2,(H,39,40)(H,43,44,45)(H,46,47,48)(H2,29,31,32,33,34). The number of hydrogen-bond donors (Lipinski definition) is 6. The molecule has 268 valence electrons. The Morgan fingerprint density at radius 2 is 1.61 bits per heavy atom. The van der Waals surface area contributed by atoms with E-state index in [0.717, 1.165) is 35.7 Å². The molecular weight excluding hydrogens is 742 g/mol. The highest BCUT2D eigenvalue weighted by Gasteiger charge is 2.21. The molecule has 0 bridgehead atoms. The van der Waals surface area contributed by atoms with E-state index in [1.54, 1.807) is 6.07 Å². The first-order valence-corrected chi connectivity index (χ1v) is 18.3. The average molecular weight is 766 g/mol. The second-order valence-corrected chi connectivity index (χ2v) is 14.8. The number of rotatable bonds is 15. The number of nitrogens with one attached hydrogen (secondary N) is 2. The first-order chi connectivity index (χ1) is 23.8. The van der Waals surface area contributed by atoms with E-state index in [1.165, 1.54) is 18.2 Å². The summed E-state index contributed by atoms with van der Waals surface area (Å²) in [5.74, 6) is -3.52. The van der Waals surface area contributed by atoms with Crippen molar-refractivity contribution < 1.29 is 53.8 Å². The van der Waals surface area contributed by atoms with Crippen molar-refractivity contribution >= 4 is 70.7 Å². The number of carboxylic acid groups (broad SMARTS) is 1. The van der Waals surface area contributed by atoms with Crippen LogP contribution in [0.3, 0.4) is 0 Å². The SMILES string of the molecule is C=CS(=O)(=O)CCNc1nc(F)nc(Nc2cc(O)c(N=Nc3cccc(CN=Nc4cc(S(=O)(=O)O)ccc4C(=O)O)c3)cc2S(=O)(=O)O)n1. The minimum atomic E-state index is -5.03. The van der Waals surface area contributed by atoms with E-state index in [4.69, 9.17) is 0 Å². The van der Waals surface area contributed by atoms with Gasteiger partial charge < -0.3 is 20.8 Å². The summed E-state index contributed by atoms with van der Waals surface area (Å²) in [5, 5.41) is 40.9. The van der Waals surface area contributed by atoms with Gasteiger partial charge in [0.2, 0.25) is 11.9 Å². The molecule has 0 saturated heterocycles. The van der Waals surface area contributed by atoms with Crippen LogP contribution in [0.4, 0.5) is 39.0 Å². The maximum atomic E-state index is 14.1. The van der Waals surface area contributed by atoms with Crippen LogP contribution in [0.2, 0.25) is 0 Å². The third-order valence-electron chi connectivity index (χ3n) is 6.25. The number of aromatic carboxylic acids is 1. The molecule has 51 heavy (non-hydrogen) atoms. The molecular formula is C27H24FN9O11S3. The Kier molecular flexibility index (Phi) is 11.5. The molecule has 0 radical (unpaired) electrons. The van der Waals surface area contributed by atoms with Gasteiger partial charge >= 0.3 is 12.0 Å². The summed E-state index contributed by atoms with van der Waals surface area (Å²) in [7, 11) is -13.3. The molecule has 4 aromatic rings. The Bertz CT molecular complexity index is 2410. The zero-order valence-corrected chi connectivity index (χ0v) is 27.9. The summed E-state index contributed by atoms with van der Waals surface area (Å²) in [6.45, 7) is 2.75. The van der Waals surface area contributed by atoms with Crippen LogP contribution < -0.4 is 10.6 Å². The molecule has 20 nitrogen and oxygen atoms in total. The van der Waals surface area contributed by atoms with Gasteiger partial charge in [0, 0.05) is 18.0 Å². The predicted octanol–water partition coefficient (Wildman–Crippen LogP) is 4.32. The number of azo groups is 2. The number of carbonyl (C=O) groups is 1. The van der Waals surface area contributed by atoms with Crippen LogP contribution in [0.15, 0.2) is 96.8 Å². The normalized spacial score (nSPS) is 12.3. The van der Waals surface area contributed by atoms with Crippen LogP contribution in [0.1, 0.15) is 15.9 Å². The molecule has 1 heterocycles. The number of halogens is 1. The van der Waals surface area contributed by atoms with E-state index in [-0.39, 0.29) is 30.0 Å². The monoisotopic (exact) mass is 765 g/mol. The highest BCUT2D eigenvalue weighted by atomic mass is 32.2. The van der Waals surface area contributed by atoms with E-state index < -0.39 is 86.7 Å². The fourth-order valence-corrected chi connectivity index (χ4v) is 5.60. The van der Waals surface area contributed by atoms with Gasteiger partial charge in [-0.1, -0.05) is 18.7 Å². The van der Waals surface area contributed by atoms with Crippen molar-refractivity contribution in [1.82, 2.24) is 15.0 Å². The molecule has 1 aromatic heterocycles. The number of sulfone groups is 1. The topological polar surface area (TPSA) is 313 Å². The van der Waals surface area contributed by atoms with Crippen molar-refractivity contribution in [2.24, 2.45) is 20.5 Å². The second-order valence-electron chi connectivity index (χ2n) is 9.88. The fourth-order valence-electron chi connectivity index (χ4n) is 3.90. The van der Waals surface area contributed by atoms with Gasteiger partial charge in [0.15, 0.2) is 9.84 Å². The maximum Gasteiger partial charge on any atom is 0.337 e. The molecule has 0 spiro atoms. The first kappa shape index (κ1) is 38.0. The number of phenols is 1. The third-order valence-corrected chi connectivity index (χ3v) is 9.27. The predicted molar refractivity (Wildman–Crippen MR) is 176 cm³/mol. The molecule has 0 atom stereocenters. The fraction of sp³-hybridized carbons (Fsp3) is 0.111. The quantitative estimate of drug-likeness (QED) is 0.0725. The van der Waals surface area contributed by atoms with E-state index in [9.17, 15) is 53.8 Å². The van der Waals surface area contributed by atoms with Crippen molar-refractivity contribution in [3.05, 3.63) is 83.8 Å². The number of anilines is 3. The van der Waals surface area contributed by atoms with Crippen molar-refractivity contribution in [1.29, 1.82) is 0 Å². The number of phenolic OH excluding ortho intramolecular Hbond substituents is 1. The van der Waals surface area contributed by atoms with Gasteiger partial charge in [-0.3, -0.25) is 9.11 Å². The molecule has 4 rings (SSSR count). The van der Waals surface area contributed by atoms with E-state index in [2.05, 4.69) is 52.6 Å². The maximum absolute atomic E-state index is 14.1. The lowest BCUT2D eigenvalue weighted by Gasteiger charge is -2.12. The Balaban J connectivity index is 1.55. The van der Waals surface area contributed by atoms with E-state index in [0.29, 0.717) is 5.56 Å². The highest BCUT2D eigenvalue weighted by Crippen LogP contribution is 2.37. The Morgan fingerprint density at radius 1 is 0.882 bits per heavy atom. The number of aromatic nitrogens is 3. The van der Waals surface area contributed by atoms with Gasteiger partial charge in [-0.05, 0) is 42.0 Å². The van der Waals surface area contributed by atoms with Crippen LogP contribution in [-0.4, -0.2) is 77.8 Å². The van der Waals surface area contributed by atoms with E-state index in [1.807, 2.05) is 0 Å². The lowest BCUT2D eigenvalue weighted by atomic mass is 10.2. The molecule has 3 aromatic carbocycles. The molecule has 0 unspecified atom stereocenters. The number of benzene rings is 3. The van der Waals surface area contributed by atoms with Gasteiger partial charge in [-0.2, -0.15) is 51.5 Å². The van der Waals surface area contributed by atoms with Gasteiger partial charge in [-0.25, -0.2) is 13.2 Å². The first-order valence-electron chi connectivity index (χ1n) is 13.7. The number of nitrogens with zero attached hydrogens (tertiary/aromatic N) is 7. The largest absolute Gasteiger partial charge is 0.506 e. The zero-order chi connectivity index (χ0) is 37.6. The Labute approximate surface area is 288 Å². The summed E-state index contributed by atoms with van der Waals surface area (Å²) in [6.07, 6.45) is -1.34. The molecule has 0 aliphatic carbocycles. The summed E-state index contributed by atoms with van der Waals surface area (Å²) in [6, 6.07) is 10.2. The van der Waals surface area contributed by atoms with Gasteiger partial charge in [-0.15, -0.1) is 5.11 Å². The molecule has 24 heteroatoms. The lowest BCUT2D eigenvalue weighted by molar-refractivity contribution is 0.0697. The van der Waals surface area contributed by atoms with Crippen LogP contribution in [0.5, 0.6) is 5.75 Å². The molecule has 0 aliphatic rings. The van der Waals surface area contributed by atoms with Crippen molar-refractivity contribution in [3.63, 3.8) is 0 Å². The lowest BCUT2D eigenvalue weighted by Crippen LogP contribution is -2.16. The minimum Gasteiger partial charge on any atom is -0.506 e. The van der Waals surface area contributed by atoms with Gasteiger partial charge in [0.05, 0.1) is 34.1 Å². The van der Waals surface area contributed by atoms with Crippen LogP contribution in [-0.2, 0) is 36.6 Å². The molecule has 0 fully saturated rings. The Hall–Kier alpha value is -5.82. The van der Waals surface area contributed by atoms with Gasteiger partial charge in [0.1, 0.15) is 22.0 Å². The summed E-state index contributed by atoms with van der Waals surface area (Å²) in [5.41, 5.74) is -1.08. The summed E-state index contributed by atoms with van der Waals surface area (Å²) >= 11 is 0. The van der Waals surface area contributed by atoms with Gasteiger partial charge in [0.25, 0.3) is 20.2 Å². The minimum absolute atomic E-state index is 0.152. The van der Waals surface area contributed by atoms with Crippen molar-refractivity contribution in [3.8, 4) is 5.75 Å². The summed E-state index contributed by atoms with van der Waals surface area (Å²) in [4.78, 5) is 20.6. The number of hydrogen-bond acceptors (Lipinski definition) is 17. The van der Waals surface area contributed by atoms with Crippen molar-refractivity contribution in [2.45, 2.75) is 16.3 Å². The number of aromatic hydroxyl groups is 1. The number of carboxylic acids is 1. The Morgan fingerprint density at radius 3 is 2.27 bits per heavy atom. The smallest absolute Gasteiger partial charge is 0.337 e. The van der Waals surface area contributed by atoms with Crippen LogP contribution in [0.25, 0.3) is 0 Å². The highest BCUT2D eigenvalue weighted by molar-refractivity contribution is 7.94. The molecule has 0 aliphatic heterocycles. The van der Waals surface area contributed by atoms with Crippen LogP contribution >= 0.6 is 0 Å².